The zero-order valence-corrected chi connectivity index (χ0v) is 21.8. The molecule has 0 spiro atoms. The van der Waals surface area contributed by atoms with Crippen LogP contribution in [0.15, 0.2) is 30.3 Å². The number of hydrogen-bond acceptors (Lipinski definition) is 5. The Morgan fingerprint density at radius 1 is 1.03 bits per heavy atom. The standard InChI is InChI=1S/C22H27Cl3N2O3.2ClH/c1-28-21-12-16(14-26-5-2-6-27-7-9-29-10-8-27)11-20(25)22(21)30-15-17-3-4-18(23)13-19(17)24;;/h3-4,11-13,26H,2,5-10,14-15H2,1H3;2*1H. The molecule has 0 unspecified atom stereocenters. The van der Waals surface area contributed by atoms with Gasteiger partial charge >= 0.3 is 0 Å². The van der Waals surface area contributed by atoms with Crippen LogP contribution in [-0.4, -0.2) is 51.4 Å². The van der Waals surface area contributed by atoms with Gasteiger partial charge in [0.1, 0.15) is 6.61 Å². The molecule has 180 valence electrons. The minimum Gasteiger partial charge on any atom is -0.493 e. The fourth-order valence-electron chi connectivity index (χ4n) is 3.29. The molecule has 1 fully saturated rings. The normalized spacial score (nSPS) is 13.8. The number of morpholine rings is 1. The van der Waals surface area contributed by atoms with Crippen molar-refractivity contribution in [2.45, 2.75) is 19.6 Å². The summed E-state index contributed by atoms with van der Waals surface area (Å²) in [5.41, 5.74) is 1.87. The molecule has 0 aliphatic carbocycles. The van der Waals surface area contributed by atoms with Crippen molar-refractivity contribution in [3.8, 4) is 11.5 Å². The van der Waals surface area contributed by atoms with Crippen LogP contribution in [0.2, 0.25) is 15.1 Å². The van der Waals surface area contributed by atoms with Gasteiger partial charge in [0.2, 0.25) is 0 Å². The lowest BCUT2D eigenvalue weighted by atomic mass is 10.2. The fraction of sp³-hybridized carbons (Fsp3) is 0.455. The Balaban J connectivity index is 0.00000256. The van der Waals surface area contributed by atoms with Crippen molar-refractivity contribution in [2.75, 3.05) is 46.5 Å². The first-order valence-electron chi connectivity index (χ1n) is 10.0. The molecule has 2 aromatic rings. The second kappa shape index (κ2) is 15.3. The van der Waals surface area contributed by atoms with E-state index in [1.165, 1.54) is 0 Å². The summed E-state index contributed by atoms with van der Waals surface area (Å²) in [5.74, 6) is 1.10. The molecule has 1 aliphatic heterocycles. The first kappa shape index (κ1) is 29.4. The van der Waals surface area contributed by atoms with E-state index < -0.39 is 0 Å². The Kier molecular flexibility index (Phi) is 14.1. The molecule has 1 N–H and O–H groups in total. The van der Waals surface area contributed by atoms with Crippen LogP contribution in [0.3, 0.4) is 0 Å². The zero-order valence-electron chi connectivity index (χ0n) is 17.9. The van der Waals surface area contributed by atoms with Gasteiger partial charge in [0.05, 0.1) is 25.3 Å². The minimum absolute atomic E-state index is 0. The molecule has 1 aliphatic rings. The molecule has 1 saturated heterocycles. The third-order valence-corrected chi connectivity index (χ3v) is 5.80. The number of nitrogens with one attached hydrogen (secondary N) is 1. The van der Waals surface area contributed by atoms with Crippen LogP contribution in [0.5, 0.6) is 11.5 Å². The second-order valence-corrected chi connectivity index (χ2v) is 8.37. The average Bonchev–Trinajstić information content (AvgIpc) is 2.74. The summed E-state index contributed by atoms with van der Waals surface area (Å²) < 4.78 is 16.8. The van der Waals surface area contributed by atoms with Crippen LogP contribution < -0.4 is 14.8 Å². The van der Waals surface area contributed by atoms with Crippen molar-refractivity contribution in [1.82, 2.24) is 10.2 Å². The van der Waals surface area contributed by atoms with Crippen LogP contribution in [0.4, 0.5) is 0 Å². The van der Waals surface area contributed by atoms with Crippen LogP contribution in [0, 0.1) is 0 Å². The van der Waals surface area contributed by atoms with Crippen LogP contribution in [-0.2, 0) is 17.9 Å². The highest BCUT2D eigenvalue weighted by Gasteiger charge is 2.14. The molecule has 1 heterocycles. The molecule has 0 amide bonds. The smallest absolute Gasteiger partial charge is 0.180 e. The molecule has 32 heavy (non-hydrogen) atoms. The average molecular weight is 547 g/mol. The van der Waals surface area contributed by atoms with Crippen LogP contribution in [0.1, 0.15) is 17.5 Å². The summed E-state index contributed by atoms with van der Waals surface area (Å²) in [6.45, 7) is 6.72. The number of methoxy groups -OCH3 is 1. The van der Waals surface area contributed by atoms with E-state index >= 15 is 0 Å². The monoisotopic (exact) mass is 544 g/mol. The Hall–Kier alpha value is -0.630. The van der Waals surface area contributed by atoms with Crippen LogP contribution >= 0.6 is 59.6 Å². The summed E-state index contributed by atoms with van der Waals surface area (Å²) >= 11 is 18.6. The van der Waals surface area contributed by atoms with Crippen molar-refractivity contribution < 1.29 is 14.2 Å². The van der Waals surface area contributed by atoms with Crippen molar-refractivity contribution in [2.24, 2.45) is 0 Å². The largest absolute Gasteiger partial charge is 0.493 e. The predicted molar refractivity (Wildman–Crippen MR) is 137 cm³/mol. The number of benzene rings is 2. The van der Waals surface area contributed by atoms with Crippen LogP contribution in [0.25, 0.3) is 0 Å². The molecular weight excluding hydrogens is 518 g/mol. The van der Waals surface area contributed by atoms with Gasteiger partial charge in [-0.1, -0.05) is 40.9 Å². The van der Waals surface area contributed by atoms with Crippen molar-refractivity contribution >= 4 is 59.6 Å². The van der Waals surface area contributed by atoms with Gasteiger partial charge in [0.25, 0.3) is 0 Å². The highest BCUT2D eigenvalue weighted by atomic mass is 35.5. The maximum absolute atomic E-state index is 6.48. The maximum atomic E-state index is 6.48. The van der Waals surface area contributed by atoms with Gasteiger partial charge in [-0.25, -0.2) is 0 Å². The summed E-state index contributed by atoms with van der Waals surface area (Å²) in [6.07, 6.45) is 1.09. The molecule has 0 aromatic heterocycles. The van der Waals surface area contributed by atoms with Gasteiger partial charge < -0.3 is 19.5 Å². The summed E-state index contributed by atoms with van der Waals surface area (Å²) in [4.78, 5) is 2.43. The van der Waals surface area contributed by atoms with E-state index in [1.807, 2.05) is 18.2 Å². The predicted octanol–water partition coefficient (Wildman–Crippen LogP) is 5.89. The van der Waals surface area contributed by atoms with Gasteiger partial charge in [-0.05, 0) is 49.3 Å². The quantitative estimate of drug-likeness (QED) is 0.377. The Labute approximate surface area is 217 Å². The number of hydrogen-bond donors (Lipinski definition) is 1. The number of ether oxygens (including phenoxy) is 3. The van der Waals surface area contributed by atoms with E-state index in [9.17, 15) is 0 Å². The van der Waals surface area contributed by atoms with Gasteiger partial charge in [-0.15, -0.1) is 24.8 Å². The van der Waals surface area contributed by atoms with E-state index in [0.717, 1.165) is 56.9 Å². The van der Waals surface area contributed by atoms with E-state index in [-0.39, 0.29) is 31.4 Å². The first-order chi connectivity index (χ1) is 14.6. The second-order valence-electron chi connectivity index (χ2n) is 7.12. The van der Waals surface area contributed by atoms with Gasteiger partial charge in [-0.2, -0.15) is 0 Å². The third-order valence-electron chi connectivity index (χ3n) is 4.94. The summed E-state index contributed by atoms with van der Waals surface area (Å²) in [7, 11) is 1.60. The van der Waals surface area contributed by atoms with Crippen molar-refractivity contribution in [3.05, 3.63) is 56.5 Å². The lowest BCUT2D eigenvalue weighted by Crippen LogP contribution is -2.37. The summed E-state index contributed by atoms with van der Waals surface area (Å²) in [6, 6.07) is 9.14. The number of nitrogens with zero attached hydrogens (tertiary/aromatic N) is 1. The number of rotatable bonds is 10. The topological polar surface area (TPSA) is 43.0 Å². The van der Waals surface area contributed by atoms with E-state index in [2.05, 4.69) is 10.2 Å². The van der Waals surface area contributed by atoms with E-state index in [0.29, 0.717) is 33.1 Å². The van der Waals surface area contributed by atoms with E-state index in [4.69, 9.17) is 49.0 Å². The highest BCUT2D eigenvalue weighted by Crippen LogP contribution is 2.37. The van der Waals surface area contributed by atoms with Gasteiger partial charge in [0.15, 0.2) is 11.5 Å². The molecule has 0 bridgehead atoms. The lowest BCUT2D eigenvalue weighted by Gasteiger charge is -2.26. The van der Waals surface area contributed by atoms with Crippen molar-refractivity contribution in [1.29, 1.82) is 0 Å². The molecule has 0 saturated carbocycles. The Morgan fingerprint density at radius 3 is 2.47 bits per heavy atom. The molecule has 10 heteroatoms. The first-order valence-corrected chi connectivity index (χ1v) is 11.1. The van der Waals surface area contributed by atoms with E-state index in [1.54, 1.807) is 19.2 Å². The zero-order chi connectivity index (χ0) is 21.3. The van der Waals surface area contributed by atoms with Gasteiger partial charge in [0, 0.05) is 35.2 Å². The lowest BCUT2D eigenvalue weighted by molar-refractivity contribution is 0.0374. The molecule has 5 nitrogen and oxygen atoms in total. The third kappa shape index (κ3) is 8.96. The van der Waals surface area contributed by atoms with Gasteiger partial charge in [-0.3, -0.25) is 4.90 Å². The molecule has 0 radical (unpaired) electrons. The molecule has 3 rings (SSSR count). The number of halogens is 5. The maximum Gasteiger partial charge on any atom is 0.180 e. The van der Waals surface area contributed by atoms with Crippen molar-refractivity contribution in [3.63, 3.8) is 0 Å². The minimum atomic E-state index is 0. The fourth-order valence-corrected chi connectivity index (χ4v) is 4.04. The molecule has 2 aromatic carbocycles. The Morgan fingerprint density at radius 2 is 1.78 bits per heavy atom. The Bertz CT molecular complexity index is 835. The highest BCUT2D eigenvalue weighted by molar-refractivity contribution is 6.35. The molecule has 0 atom stereocenters. The molecular formula is C22H29Cl5N2O3. The SMILES string of the molecule is COc1cc(CNCCCN2CCOCC2)cc(Cl)c1OCc1ccc(Cl)cc1Cl.Cl.Cl. The summed E-state index contributed by atoms with van der Waals surface area (Å²) in [5, 5.41) is 5.11.